The molecule has 0 spiro atoms. The number of benzene rings is 2. The van der Waals surface area contributed by atoms with Crippen LogP contribution in [0.2, 0.25) is 5.02 Å². The molecule has 2 N–H and O–H groups in total. The molecule has 2 aromatic heterocycles. The van der Waals surface area contributed by atoms with E-state index in [9.17, 15) is 4.79 Å². The fraction of sp³-hybridized carbons (Fsp3) is 0.0500. The van der Waals surface area contributed by atoms with E-state index in [-0.39, 0.29) is 5.56 Å². The van der Waals surface area contributed by atoms with Crippen molar-refractivity contribution >= 4 is 50.6 Å². The molecule has 0 atom stereocenters. The van der Waals surface area contributed by atoms with Gasteiger partial charge in [-0.05, 0) is 48.9 Å². The van der Waals surface area contributed by atoms with Gasteiger partial charge >= 0.3 is 5.97 Å². The summed E-state index contributed by atoms with van der Waals surface area (Å²) in [5.74, 6) is -0.276. The Kier molecular flexibility index (Phi) is 4.51. The van der Waals surface area contributed by atoms with Gasteiger partial charge in [0.1, 0.15) is 17.0 Å². The number of hydrogen-bond acceptors (Lipinski definition) is 5. The van der Waals surface area contributed by atoms with Gasteiger partial charge in [0.25, 0.3) is 0 Å². The van der Waals surface area contributed by atoms with Crippen LogP contribution in [-0.2, 0) is 0 Å². The maximum absolute atomic E-state index is 11.0. The zero-order chi connectivity index (χ0) is 19.0. The number of hydrogen-bond donors (Lipinski definition) is 2. The third-order valence-corrected chi connectivity index (χ3v) is 5.46. The highest BCUT2D eigenvalue weighted by molar-refractivity contribution is 7.19. The van der Waals surface area contributed by atoms with Crippen molar-refractivity contribution in [1.29, 1.82) is 0 Å². The van der Waals surface area contributed by atoms with Gasteiger partial charge in [-0.2, -0.15) is 0 Å². The van der Waals surface area contributed by atoms with Crippen LogP contribution in [-0.4, -0.2) is 21.0 Å². The lowest BCUT2D eigenvalue weighted by Gasteiger charge is -2.09. The quantitative estimate of drug-likeness (QED) is 0.459. The van der Waals surface area contributed by atoms with E-state index in [2.05, 4.69) is 22.2 Å². The van der Waals surface area contributed by atoms with Crippen molar-refractivity contribution < 1.29 is 9.90 Å². The fourth-order valence-electron chi connectivity index (χ4n) is 2.94. The van der Waals surface area contributed by atoms with Crippen molar-refractivity contribution in [3.63, 3.8) is 0 Å². The van der Waals surface area contributed by atoms with Crippen LogP contribution in [0.25, 0.3) is 21.3 Å². The molecule has 0 aliphatic heterocycles. The summed E-state index contributed by atoms with van der Waals surface area (Å²) < 4.78 is 0. The third kappa shape index (κ3) is 3.37. The molecule has 0 radical (unpaired) electrons. The number of nitrogens with zero attached hydrogens (tertiary/aromatic N) is 2. The summed E-state index contributed by atoms with van der Waals surface area (Å²) in [6.07, 6.45) is 1.53. The molecule has 2 heterocycles. The van der Waals surface area contributed by atoms with E-state index in [4.69, 9.17) is 16.7 Å². The van der Waals surface area contributed by atoms with E-state index in [0.717, 1.165) is 31.9 Å². The Bertz CT molecular complexity index is 1140. The van der Waals surface area contributed by atoms with Crippen LogP contribution in [0.5, 0.6) is 0 Å². The van der Waals surface area contributed by atoms with E-state index in [1.165, 1.54) is 6.33 Å². The molecular formula is C20H14ClN3O2S. The summed E-state index contributed by atoms with van der Waals surface area (Å²) >= 11 is 7.64. The van der Waals surface area contributed by atoms with Gasteiger partial charge in [-0.1, -0.05) is 23.7 Å². The first-order valence-corrected chi connectivity index (χ1v) is 9.33. The second-order valence-electron chi connectivity index (χ2n) is 5.95. The van der Waals surface area contributed by atoms with Crippen LogP contribution in [0.1, 0.15) is 15.2 Å². The van der Waals surface area contributed by atoms with Gasteiger partial charge < -0.3 is 10.4 Å². The van der Waals surface area contributed by atoms with Gasteiger partial charge in [0, 0.05) is 21.2 Å². The summed E-state index contributed by atoms with van der Waals surface area (Å²) in [6.45, 7) is 2.06. The number of fused-ring (bicyclic) bond motifs is 1. The molecule has 27 heavy (non-hydrogen) atoms. The Morgan fingerprint density at radius 1 is 1.07 bits per heavy atom. The predicted octanol–water partition coefficient (Wildman–Crippen LogP) is 5.76. The van der Waals surface area contributed by atoms with Crippen molar-refractivity contribution in [2.75, 3.05) is 5.32 Å². The van der Waals surface area contributed by atoms with Crippen LogP contribution >= 0.6 is 22.9 Å². The average Bonchev–Trinajstić information content (AvgIpc) is 3.00. The molecule has 0 fully saturated rings. The van der Waals surface area contributed by atoms with Gasteiger partial charge in [-0.25, -0.2) is 14.8 Å². The number of nitrogens with one attached hydrogen (secondary N) is 1. The number of anilines is 2. The maximum atomic E-state index is 11.0. The zero-order valence-electron chi connectivity index (χ0n) is 14.2. The number of carbonyl (C=O) groups is 1. The van der Waals surface area contributed by atoms with Gasteiger partial charge in [0.2, 0.25) is 0 Å². The van der Waals surface area contributed by atoms with Gasteiger partial charge in [-0.3, -0.25) is 0 Å². The minimum atomic E-state index is -0.954. The number of rotatable bonds is 4. The lowest BCUT2D eigenvalue weighted by atomic mass is 10.0. The van der Waals surface area contributed by atoms with Gasteiger partial charge in [0.15, 0.2) is 0 Å². The molecule has 134 valence electrons. The van der Waals surface area contributed by atoms with Crippen molar-refractivity contribution in [2.45, 2.75) is 6.92 Å². The zero-order valence-corrected chi connectivity index (χ0v) is 15.8. The van der Waals surface area contributed by atoms with Crippen LogP contribution < -0.4 is 5.32 Å². The highest BCUT2D eigenvalue weighted by Crippen LogP contribution is 2.41. The Hall–Kier alpha value is -2.96. The number of carboxylic acids is 1. The highest BCUT2D eigenvalue weighted by Gasteiger charge is 2.17. The van der Waals surface area contributed by atoms with E-state index < -0.39 is 5.97 Å². The molecule has 2 aromatic carbocycles. The molecule has 0 aliphatic rings. The number of aromatic nitrogens is 2. The normalized spacial score (nSPS) is 10.9. The molecule has 7 heteroatoms. The molecule has 0 amide bonds. The molecule has 5 nitrogen and oxygen atoms in total. The lowest BCUT2D eigenvalue weighted by molar-refractivity contribution is 0.0697. The second kappa shape index (κ2) is 6.98. The maximum Gasteiger partial charge on any atom is 0.335 e. The van der Waals surface area contributed by atoms with Gasteiger partial charge in [0.05, 0.1) is 10.9 Å². The van der Waals surface area contributed by atoms with Crippen molar-refractivity contribution in [2.24, 2.45) is 0 Å². The summed E-state index contributed by atoms with van der Waals surface area (Å²) in [5, 5.41) is 13.9. The van der Waals surface area contributed by atoms with Crippen molar-refractivity contribution in [1.82, 2.24) is 9.97 Å². The van der Waals surface area contributed by atoms with Crippen LogP contribution in [0.15, 0.2) is 54.9 Å². The molecule has 0 unspecified atom stereocenters. The molecule has 0 saturated heterocycles. The molecule has 0 saturated carbocycles. The Balaban J connectivity index is 1.81. The van der Waals surface area contributed by atoms with E-state index in [1.54, 1.807) is 35.6 Å². The first-order chi connectivity index (χ1) is 13.0. The van der Waals surface area contributed by atoms with E-state index in [1.807, 2.05) is 24.3 Å². The number of aryl methyl sites for hydroxylation is 1. The smallest absolute Gasteiger partial charge is 0.335 e. The van der Waals surface area contributed by atoms with Crippen molar-refractivity contribution in [3.05, 3.63) is 70.3 Å². The van der Waals surface area contributed by atoms with Gasteiger partial charge in [-0.15, -0.1) is 11.3 Å². The monoisotopic (exact) mass is 395 g/mol. The fourth-order valence-corrected chi connectivity index (χ4v) is 4.07. The Morgan fingerprint density at radius 2 is 1.78 bits per heavy atom. The highest BCUT2D eigenvalue weighted by atomic mass is 35.5. The Labute approximate surface area is 164 Å². The standard InChI is InChI=1S/C20H14ClN3O2S/c1-11-16(12-2-6-14(21)7-3-12)17-18(22-10-23-19(17)27-11)24-15-8-4-13(5-9-15)20(25)26/h2-10H,1H3,(H,25,26)(H,22,23,24). The van der Waals surface area contributed by atoms with Crippen LogP contribution in [0, 0.1) is 6.92 Å². The number of carboxylic acid groups (broad SMARTS) is 1. The van der Waals surface area contributed by atoms with E-state index >= 15 is 0 Å². The van der Waals surface area contributed by atoms with Crippen molar-refractivity contribution in [3.8, 4) is 11.1 Å². The molecule has 4 aromatic rings. The largest absolute Gasteiger partial charge is 0.478 e. The summed E-state index contributed by atoms with van der Waals surface area (Å²) in [6, 6.07) is 14.2. The number of thiophene rings is 1. The number of halogens is 1. The Morgan fingerprint density at radius 3 is 2.44 bits per heavy atom. The molecule has 0 bridgehead atoms. The molecule has 0 aliphatic carbocycles. The minimum Gasteiger partial charge on any atom is -0.478 e. The minimum absolute atomic E-state index is 0.238. The summed E-state index contributed by atoms with van der Waals surface area (Å²) in [5.41, 5.74) is 3.10. The van der Waals surface area contributed by atoms with Crippen LogP contribution in [0.4, 0.5) is 11.5 Å². The third-order valence-electron chi connectivity index (χ3n) is 4.19. The molecule has 4 rings (SSSR count). The SMILES string of the molecule is Cc1sc2ncnc(Nc3ccc(C(=O)O)cc3)c2c1-c1ccc(Cl)cc1. The second-order valence-corrected chi connectivity index (χ2v) is 7.59. The molecular weight excluding hydrogens is 382 g/mol. The number of aromatic carboxylic acids is 1. The summed E-state index contributed by atoms with van der Waals surface area (Å²) in [4.78, 5) is 21.9. The average molecular weight is 396 g/mol. The van der Waals surface area contributed by atoms with Crippen LogP contribution in [0.3, 0.4) is 0 Å². The first-order valence-electron chi connectivity index (χ1n) is 8.13. The topological polar surface area (TPSA) is 75.1 Å². The first kappa shape index (κ1) is 17.5. The summed E-state index contributed by atoms with van der Waals surface area (Å²) in [7, 11) is 0. The predicted molar refractivity (Wildman–Crippen MR) is 109 cm³/mol. The van der Waals surface area contributed by atoms with E-state index in [0.29, 0.717) is 10.8 Å². The lowest BCUT2D eigenvalue weighted by Crippen LogP contribution is -1.98.